The van der Waals surface area contributed by atoms with Crippen molar-refractivity contribution in [2.45, 2.75) is 0 Å². The number of ether oxygens (including phenoxy) is 4. The second kappa shape index (κ2) is 8.94. The molecular weight excluding hydrogens is 478 g/mol. The van der Waals surface area contributed by atoms with Crippen LogP contribution in [-0.4, -0.2) is 56.7 Å². The minimum Gasteiger partial charge on any atom is -0.465 e. The van der Waals surface area contributed by atoms with Crippen LogP contribution in [0.25, 0.3) is 38.4 Å². The van der Waals surface area contributed by atoms with Crippen LogP contribution in [0.4, 0.5) is 0 Å². The van der Waals surface area contributed by atoms with Gasteiger partial charge in [0.15, 0.2) is 0 Å². The Morgan fingerprint density at radius 3 is 1.49 bits per heavy atom. The number of pyridine rings is 1. The van der Waals surface area contributed by atoms with Crippen molar-refractivity contribution in [1.82, 2.24) is 4.40 Å². The highest BCUT2D eigenvalue weighted by Crippen LogP contribution is 2.46. The van der Waals surface area contributed by atoms with E-state index in [-0.39, 0.29) is 27.8 Å². The third-order valence-electron chi connectivity index (χ3n) is 6.42. The van der Waals surface area contributed by atoms with E-state index in [4.69, 9.17) is 18.9 Å². The zero-order chi connectivity index (χ0) is 26.4. The van der Waals surface area contributed by atoms with E-state index in [1.165, 1.54) is 14.2 Å². The first kappa shape index (κ1) is 23.8. The van der Waals surface area contributed by atoms with E-state index in [1.807, 2.05) is 36.4 Å². The van der Waals surface area contributed by atoms with Gasteiger partial charge in [-0.25, -0.2) is 19.2 Å². The van der Waals surface area contributed by atoms with Crippen LogP contribution in [0.2, 0.25) is 0 Å². The number of aromatic nitrogens is 1. The third-order valence-corrected chi connectivity index (χ3v) is 6.42. The highest BCUT2D eigenvalue weighted by Gasteiger charge is 2.38. The van der Waals surface area contributed by atoms with Crippen LogP contribution < -0.4 is 0 Å². The van der Waals surface area contributed by atoms with Crippen molar-refractivity contribution >= 4 is 51.2 Å². The molecule has 3 aromatic heterocycles. The maximum Gasteiger partial charge on any atom is 0.340 e. The summed E-state index contributed by atoms with van der Waals surface area (Å²) in [6.45, 7) is 0. The van der Waals surface area contributed by atoms with Crippen LogP contribution in [0.1, 0.15) is 41.4 Å². The molecule has 0 aliphatic rings. The van der Waals surface area contributed by atoms with E-state index in [1.54, 1.807) is 22.6 Å². The van der Waals surface area contributed by atoms with Crippen molar-refractivity contribution in [3.63, 3.8) is 0 Å². The van der Waals surface area contributed by atoms with Crippen molar-refractivity contribution in [3.05, 3.63) is 76.9 Å². The van der Waals surface area contributed by atoms with Crippen LogP contribution >= 0.6 is 0 Å². The lowest BCUT2D eigenvalue weighted by Crippen LogP contribution is -2.17. The van der Waals surface area contributed by atoms with Crippen molar-refractivity contribution in [3.8, 4) is 11.1 Å². The summed E-state index contributed by atoms with van der Waals surface area (Å²) in [5.41, 5.74) is 1.53. The van der Waals surface area contributed by atoms with Crippen molar-refractivity contribution in [2.75, 3.05) is 28.4 Å². The predicted molar refractivity (Wildman–Crippen MR) is 134 cm³/mol. The van der Waals surface area contributed by atoms with Gasteiger partial charge in [-0.3, -0.25) is 0 Å². The normalized spacial score (nSPS) is 11.1. The molecule has 0 amide bonds. The van der Waals surface area contributed by atoms with Gasteiger partial charge >= 0.3 is 23.9 Å². The average molecular weight is 499 g/mol. The monoisotopic (exact) mass is 499 g/mol. The molecule has 0 atom stereocenters. The van der Waals surface area contributed by atoms with Gasteiger partial charge in [0.1, 0.15) is 11.1 Å². The Balaban J connectivity index is 2.25. The SMILES string of the molecule is COC(=O)c1c(C(=O)OC)c2c(C(=O)OC)c(C(=O)OC)c3c(-c4ccccc4)c4ccccc1c4n23. The highest BCUT2D eigenvalue weighted by atomic mass is 16.5. The number of methoxy groups -OCH3 is 4. The molecule has 186 valence electrons. The molecule has 5 rings (SSSR count). The number of carbonyl (C=O) groups excluding carboxylic acids is 4. The number of rotatable bonds is 5. The fourth-order valence-electron chi connectivity index (χ4n) is 5.01. The topological polar surface area (TPSA) is 110 Å². The Morgan fingerprint density at radius 2 is 0.946 bits per heavy atom. The summed E-state index contributed by atoms with van der Waals surface area (Å²) < 4.78 is 21.9. The lowest BCUT2D eigenvalue weighted by Gasteiger charge is -2.13. The molecule has 3 heterocycles. The molecule has 0 saturated heterocycles. The molecule has 0 unspecified atom stereocenters. The van der Waals surface area contributed by atoms with E-state index in [0.29, 0.717) is 27.4 Å². The average Bonchev–Trinajstić information content (AvgIpc) is 3.35. The van der Waals surface area contributed by atoms with Gasteiger partial charge in [0.2, 0.25) is 0 Å². The molecule has 0 bridgehead atoms. The molecule has 5 aromatic rings. The molecule has 0 saturated carbocycles. The smallest absolute Gasteiger partial charge is 0.340 e. The summed E-state index contributed by atoms with van der Waals surface area (Å²) >= 11 is 0. The summed E-state index contributed by atoms with van der Waals surface area (Å²) in [4.78, 5) is 53.0. The molecule has 0 fully saturated rings. The van der Waals surface area contributed by atoms with Gasteiger partial charge < -0.3 is 23.3 Å². The minimum atomic E-state index is -0.894. The van der Waals surface area contributed by atoms with Gasteiger partial charge in [-0.1, -0.05) is 54.6 Å². The fourth-order valence-corrected chi connectivity index (χ4v) is 5.01. The first-order valence-corrected chi connectivity index (χ1v) is 11.2. The zero-order valence-corrected chi connectivity index (χ0v) is 20.4. The number of benzene rings is 1. The van der Waals surface area contributed by atoms with Crippen LogP contribution in [0.5, 0.6) is 0 Å². The first-order chi connectivity index (χ1) is 17.9. The molecule has 0 radical (unpaired) electrons. The largest absolute Gasteiger partial charge is 0.465 e. The van der Waals surface area contributed by atoms with Gasteiger partial charge in [-0.2, -0.15) is 0 Å². The van der Waals surface area contributed by atoms with E-state index >= 15 is 0 Å². The Hall–Kier alpha value is -4.92. The maximum atomic E-state index is 13.3. The highest BCUT2D eigenvalue weighted by molar-refractivity contribution is 6.29. The lowest BCUT2D eigenvalue weighted by atomic mass is 9.96. The van der Waals surface area contributed by atoms with Gasteiger partial charge in [0.05, 0.1) is 56.1 Å². The zero-order valence-electron chi connectivity index (χ0n) is 20.4. The maximum absolute atomic E-state index is 13.3. The summed E-state index contributed by atoms with van der Waals surface area (Å²) in [5.74, 6) is -3.41. The van der Waals surface area contributed by atoms with E-state index in [9.17, 15) is 19.2 Å². The van der Waals surface area contributed by atoms with Gasteiger partial charge in [-0.15, -0.1) is 0 Å². The predicted octanol–water partition coefficient (Wildman–Crippen LogP) is 4.50. The molecule has 0 aliphatic heterocycles. The number of nitrogens with zero attached hydrogens (tertiary/aromatic N) is 1. The number of esters is 4. The van der Waals surface area contributed by atoms with Crippen LogP contribution in [0, 0.1) is 0 Å². The van der Waals surface area contributed by atoms with Crippen molar-refractivity contribution in [1.29, 1.82) is 0 Å². The molecule has 2 aromatic carbocycles. The van der Waals surface area contributed by atoms with Crippen molar-refractivity contribution in [2.24, 2.45) is 0 Å². The summed E-state index contributed by atoms with van der Waals surface area (Å²) in [6, 6.07) is 16.3. The molecule has 0 aliphatic carbocycles. The third kappa shape index (κ3) is 3.24. The fraction of sp³-hybridized carbons (Fsp3) is 0.143. The van der Waals surface area contributed by atoms with Gasteiger partial charge in [0, 0.05) is 16.3 Å². The molecule has 0 N–H and O–H groups in total. The van der Waals surface area contributed by atoms with Gasteiger partial charge in [-0.05, 0) is 5.56 Å². The molecule has 37 heavy (non-hydrogen) atoms. The van der Waals surface area contributed by atoms with Crippen LogP contribution in [0.3, 0.4) is 0 Å². The Kier molecular flexibility index (Phi) is 5.75. The number of hydrogen-bond donors (Lipinski definition) is 0. The summed E-state index contributed by atoms with van der Waals surface area (Å²) in [6.07, 6.45) is 0. The first-order valence-electron chi connectivity index (χ1n) is 11.2. The Labute approximate surface area is 210 Å². The Bertz CT molecular complexity index is 1730. The number of hydrogen-bond acceptors (Lipinski definition) is 8. The number of carbonyl (C=O) groups is 4. The molecular formula is C28H21NO8. The quantitative estimate of drug-likeness (QED) is 0.257. The molecule has 9 nitrogen and oxygen atoms in total. The molecule has 9 heteroatoms. The second-order valence-corrected chi connectivity index (χ2v) is 8.13. The van der Waals surface area contributed by atoms with Crippen LogP contribution in [-0.2, 0) is 18.9 Å². The van der Waals surface area contributed by atoms with E-state index in [2.05, 4.69) is 0 Å². The van der Waals surface area contributed by atoms with Crippen LogP contribution in [0.15, 0.2) is 54.6 Å². The summed E-state index contributed by atoms with van der Waals surface area (Å²) in [7, 11) is 4.70. The standard InChI is InChI=1S/C28H21NO8/c1-34-25(30)18-16-13-9-8-12-15-17(14-10-6-5-7-11-14)23-20(27(32)36-3)21(28(33)37-4)24(29(23)22(15)16)19(18)26(31)35-2/h5-13H,1-4H3. The minimum absolute atomic E-state index is 0.0135. The molecule has 0 spiro atoms. The Morgan fingerprint density at radius 1 is 0.514 bits per heavy atom. The van der Waals surface area contributed by atoms with E-state index < -0.39 is 23.9 Å². The summed E-state index contributed by atoms with van der Waals surface area (Å²) in [5, 5.41) is 1.05. The lowest BCUT2D eigenvalue weighted by molar-refractivity contribution is 0.0553. The van der Waals surface area contributed by atoms with E-state index in [0.717, 1.165) is 19.8 Å². The van der Waals surface area contributed by atoms with Crippen molar-refractivity contribution < 1.29 is 38.1 Å². The second-order valence-electron chi connectivity index (χ2n) is 8.13. The van der Waals surface area contributed by atoms with Gasteiger partial charge in [0.25, 0.3) is 0 Å².